The van der Waals surface area contributed by atoms with Crippen LogP contribution in [0, 0.1) is 0 Å². The van der Waals surface area contributed by atoms with Gasteiger partial charge in [-0.15, -0.1) is 0 Å². The van der Waals surface area contributed by atoms with E-state index < -0.39 is 5.97 Å². The molecule has 0 aliphatic heterocycles. The Morgan fingerprint density at radius 3 is 2.70 bits per heavy atom. The van der Waals surface area contributed by atoms with E-state index in [1.807, 2.05) is 30.3 Å². The molecule has 4 aromatic rings. The highest BCUT2D eigenvalue weighted by atomic mass is 35.5. The van der Waals surface area contributed by atoms with Gasteiger partial charge in [0, 0.05) is 22.1 Å². The molecule has 2 heterocycles. The summed E-state index contributed by atoms with van der Waals surface area (Å²) in [6.07, 6.45) is 2.48. The Labute approximate surface area is 179 Å². The average molecular weight is 424 g/mol. The molecule has 0 atom stereocenters. The Hall–Kier alpha value is -3.25. The summed E-state index contributed by atoms with van der Waals surface area (Å²) in [6.45, 7) is 4.12. The van der Waals surface area contributed by atoms with Crippen LogP contribution < -0.4 is 4.74 Å². The van der Waals surface area contributed by atoms with E-state index in [4.69, 9.17) is 21.1 Å². The third-order valence-corrected chi connectivity index (χ3v) is 5.45. The van der Waals surface area contributed by atoms with Crippen LogP contribution in [0.2, 0.25) is 5.02 Å². The number of nitrogens with one attached hydrogen (secondary N) is 2. The SMILES string of the molecule is CCOC(=O)c1[nH]c(-c2cccc3[nH]ncc23)c(CC)c1-c1ccc(OC)cc1Cl. The van der Waals surface area contributed by atoms with E-state index in [-0.39, 0.29) is 6.61 Å². The molecule has 6 nitrogen and oxygen atoms in total. The number of benzene rings is 2. The van der Waals surface area contributed by atoms with Crippen molar-refractivity contribution in [3.8, 4) is 28.1 Å². The van der Waals surface area contributed by atoms with Crippen LogP contribution in [0.4, 0.5) is 0 Å². The van der Waals surface area contributed by atoms with Crippen LogP contribution in [0.25, 0.3) is 33.3 Å². The van der Waals surface area contributed by atoms with Gasteiger partial charge in [0.15, 0.2) is 0 Å². The van der Waals surface area contributed by atoms with Crippen molar-refractivity contribution in [2.24, 2.45) is 0 Å². The van der Waals surface area contributed by atoms with Crippen molar-refractivity contribution >= 4 is 28.5 Å². The number of aromatic nitrogens is 3. The Morgan fingerprint density at radius 1 is 1.17 bits per heavy atom. The molecule has 2 aromatic carbocycles. The number of aromatic amines is 2. The fraction of sp³-hybridized carbons (Fsp3) is 0.217. The summed E-state index contributed by atoms with van der Waals surface area (Å²) in [5.74, 6) is 0.234. The molecule has 4 rings (SSSR count). The van der Waals surface area contributed by atoms with E-state index in [9.17, 15) is 4.79 Å². The number of hydrogen-bond donors (Lipinski definition) is 2. The quantitative estimate of drug-likeness (QED) is 0.394. The van der Waals surface area contributed by atoms with Gasteiger partial charge in [0.1, 0.15) is 11.4 Å². The summed E-state index contributed by atoms with van der Waals surface area (Å²) in [7, 11) is 1.59. The number of fused-ring (bicyclic) bond motifs is 1. The Bertz CT molecular complexity index is 1230. The van der Waals surface area contributed by atoms with Crippen LogP contribution in [0.15, 0.2) is 42.6 Å². The molecule has 30 heavy (non-hydrogen) atoms. The zero-order chi connectivity index (χ0) is 21.3. The van der Waals surface area contributed by atoms with Gasteiger partial charge in [0.25, 0.3) is 0 Å². The third-order valence-electron chi connectivity index (χ3n) is 5.14. The summed E-state index contributed by atoms with van der Waals surface area (Å²) in [6, 6.07) is 11.4. The number of halogens is 1. The number of H-pyrrole nitrogens is 2. The summed E-state index contributed by atoms with van der Waals surface area (Å²) in [5.41, 5.74) is 5.60. The van der Waals surface area contributed by atoms with E-state index in [1.54, 1.807) is 26.3 Å². The van der Waals surface area contributed by atoms with Gasteiger partial charge in [-0.25, -0.2) is 4.79 Å². The van der Waals surface area contributed by atoms with Gasteiger partial charge in [-0.05, 0) is 43.2 Å². The maximum absolute atomic E-state index is 12.9. The molecule has 7 heteroatoms. The molecule has 0 bridgehead atoms. The predicted octanol–water partition coefficient (Wildman–Crippen LogP) is 5.63. The molecule has 0 aliphatic carbocycles. The average Bonchev–Trinajstić information content (AvgIpc) is 3.38. The topological polar surface area (TPSA) is 80.0 Å². The smallest absolute Gasteiger partial charge is 0.355 e. The van der Waals surface area contributed by atoms with Gasteiger partial charge in [-0.3, -0.25) is 5.10 Å². The van der Waals surface area contributed by atoms with Crippen molar-refractivity contribution in [3.63, 3.8) is 0 Å². The molecule has 2 N–H and O–H groups in total. The Balaban J connectivity index is 2.01. The van der Waals surface area contributed by atoms with Crippen LogP contribution in [0.5, 0.6) is 5.75 Å². The second-order valence-corrected chi connectivity index (χ2v) is 7.19. The Kier molecular flexibility index (Phi) is 5.50. The lowest BCUT2D eigenvalue weighted by Gasteiger charge is -2.11. The van der Waals surface area contributed by atoms with Crippen LogP contribution in [0.3, 0.4) is 0 Å². The minimum absolute atomic E-state index is 0.280. The highest BCUT2D eigenvalue weighted by Crippen LogP contribution is 2.41. The number of carbonyl (C=O) groups excluding carboxylic acids is 1. The van der Waals surface area contributed by atoms with Crippen molar-refractivity contribution < 1.29 is 14.3 Å². The molecular formula is C23H22ClN3O3. The number of carbonyl (C=O) groups is 1. The second kappa shape index (κ2) is 8.24. The van der Waals surface area contributed by atoms with Crippen molar-refractivity contribution in [3.05, 3.63) is 58.9 Å². The highest BCUT2D eigenvalue weighted by Gasteiger charge is 2.26. The van der Waals surface area contributed by atoms with Gasteiger partial charge in [-0.1, -0.05) is 30.7 Å². The van der Waals surface area contributed by atoms with E-state index in [2.05, 4.69) is 22.1 Å². The molecule has 0 radical (unpaired) electrons. The maximum atomic E-state index is 12.9. The largest absolute Gasteiger partial charge is 0.497 e. The fourth-order valence-electron chi connectivity index (χ4n) is 3.79. The van der Waals surface area contributed by atoms with Crippen LogP contribution >= 0.6 is 11.6 Å². The molecule has 0 saturated heterocycles. The first-order chi connectivity index (χ1) is 14.6. The number of hydrogen-bond acceptors (Lipinski definition) is 4. The molecule has 0 saturated carbocycles. The molecule has 2 aromatic heterocycles. The van der Waals surface area contributed by atoms with Gasteiger partial charge in [-0.2, -0.15) is 5.10 Å². The first kappa shape index (κ1) is 20.0. The minimum Gasteiger partial charge on any atom is -0.497 e. The summed E-state index contributed by atoms with van der Waals surface area (Å²) < 4.78 is 10.6. The van der Waals surface area contributed by atoms with Crippen LogP contribution in [0.1, 0.15) is 29.9 Å². The van der Waals surface area contributed by atoms with E-state index >= 15 is 0 Å². The summed E-state index contributed by atoms with van der Waals surface area (Å²) >= 11 is 6.60. The molecule has 0 fully saturated rings. The lowest BCUT2D eigenvalue weighted by atomic mass is 9.95. The fourth-order valence-corrected chi connectivity index (χ4v) is 4.05. The van der Waals surface area contributed by atoms with E-state index in [0.29, 0.717) is 22.9 Å². The van der Waals surface area contributed by atoms with Crippen molar-refractivity contribution in [2.45, 2.75) is 20.3 Å². The normalized spacial score (nSPS) is 11.1. The number of rotatable bonds is 6. The lowest BCUT2D eigenvalue weighted by molar-refractivity contribution is 0.0521. The zero-order valence-electron chi connectivity index (χ0n) is 17.0. The van der Waals surface area contributed by atoms with Gasteiger partial charge in [0.05, 0.1) is 36.1 Å². The number of methoxy groups -OCH3 is 1. The summed E-state index contributed by atoms with van der Waals surface area (Å²) in [5, 5.41) is 8.63. The van der Waals surface area contributed by atoms with Gasteiger partial charge < -0.3 is 14.5 Å². The molecule has 0 aliphatic rings. The minimum atomic E-state index is -0.417. The number of esters is 1. The monoisotopic (exact) mass is 423 g/mol. The predicted molar refractivity (Wildman–Crippen MR) is 118 cm³/mol. The summed E-state index contributed by atoms with van der Waals surface area (Å²) in [4.78, 5) is 16.2. The molecular weight excluding hydrogens is 402 g/mol. The number of nitrogens with zero attached hydrogens (tertiary/aromatic N) is 1. The maximum Gasteiger partial charge on any atom is 0.355 e. The van der Waals surface area contributed by atoms with Crippen molar-refractivity contribution in [1.82, 2.24) is 15.2 Å². The van der Waals surface area contributed by atoms with E-state index in [1.165, 1.54) is 0 Å². The highest BCUT2D eigenvalue weighted by molar-refractivity contribution is 6.33. The van der Waals surface area contributed by atoms with Crippen LogP contribution in [-0.2, 0) is 11.2 Å². The molecule has 0 amide bonds. The second-order valence-electron chi connectivity index (χ2n) is 6.79. The lowest BCUT2D eigenvalue weighted by Crippen LogP contribution is -2.07. The first-order valence-electron chi connectivity index (χ1n) is 9.77. The van der Waals surface area contributed by atoms with Crippen molar-refractivity contribution in [2.75, 3.05) is 13.7 Å². The Morgan fingerprint density at radius 2 is 2.00 bits per heavy atom. The standard InChI is InChI=1S/C23H22ClN3O3/c1-4-14-20(16-10-9-13(29-3)11-18(16)24)22(23(28)30-5-2)26-21(14)15-7-6-8-19-17(15)12-25-27-19/h6-12,26H,4-5H2,1-3H3,(H,25,27). The van der Waals surface area contributed by atoms with Crippen molar-refractivity contribution in [1.29, 1.82) is 0 Å². The van der Waals surface area contributed by atoms with Gasteiger partial charge >= 0.3 is 5.97 Å². The molecule has 0 unspecified atom stereocenters. The first-order valence-corrected chi connectivity index (χ1v) is 10.1. The molecule has 0 spiro atoms. The molecule has 154 valence electrons. The van der Waals surface area contributed by atoms with Gasteiger partial charge in [0.2, 0.25) is 0 Å². The van der Waals surface area contributed by atoms with E-state index in [0.717, 1.165) is 38.9 Å². The third kappa shape index (κ3) is 3.33. The zero-order valence-corrected chi connectivity index (χ0v) is 17.8. The number of ether oxygens (including phenoxy) is 2. The van der Waals surface area contributed by atoms with Crippen LogP contribution in [-0.4, -0.2) is 34.9 Å².